The van der Waals surface area contributed by atoms with E-state index in [2.05, 4.69) is 23.4 Å². The fraction of sp³-hybridized carbons (Fsp3) is 0.846. The summed E-state index contributed by atoms with van der Waals surface area (Å²) in [7, 11) is 0. The van der Waals surface area contributed by atoms with Crippen LogP contribution in [-0.2, 0) is 6.42 Å². The molecule has 17 heavy (non-hydrogen) atoms. The predicted molar refractivity (Wildman–Crippen MR) is 72.0 cm³/mol. The molecule has 1 aliphatic rings. The predicted octanol–water partition coefficient (Wildman–Crippen LogP) is 3.32. The Labute approximate surface area is 108 Å². The van der Waals surface area contributed by atoms with E-state index in [1.807, 2.05) is 0 Å². The van der Waals surface area contributed by atoms with Crippen LogP contribution in [0.1, 0.15) is 62.6 Å². The third-order valence-electron chi connectivity index (χ3n) is 3.86. The van der Waals surface area contributed by atoms with Crippen molar-refractivity contribution in [2.45, 2.75) is 58.4 Å². The molecule has 4 heteroatoms. The van der Waals surface area contributed by atoms with E-state index in [1.54, 1.807) is 0 Å². The highest BCUT2D eigenvalue weighted by atomic mass is 32.1. The monoisotopic (exact) mass is 253 g/mol. The molecule has 0 saturated heterocycles. The lowest BCUT2D eigenvalue weighted by atomic mass is 9.78. The number of hydrogen-bond acceptors (Lipinski definition) is 4. The molecular weight excluding hydrogens is 230 g/mol. The Balaban J connectivity index is 2.07. The van der Waals surface area contributed by atoms with E-state index in [0.717, 1.165) is 24.5 Å². The summed E-state index contributed by atoms with van der Waals surface area (Å²) in [6, 6.07) is 0.166. The Morgan fingerprint density at radius 2 is 2.29 bits per heavy atom. The van der Waals surface area contributed by atoms with Gasteiger partial charge in [-0.3, -0.25) is 0 Å². The molecule has 1 aliphatic carbocycles. The molecule has 1 aromatic rings. The van der Waals surface area contributed by atoms with Gasteiger partial charge in [-0.2, -0.15) is 0 Å². The first-order chi connectivity index (χ1) is 8.22. The van der Waals surface area contributed by atoms with Gasteiger partial charge in [0.2, 0.25) is 0 Å². The molecule has 1 heterocycles. The van der Waals surface area contributed by atoms with Crippen molar-refractivity contribution in [3.63, 3.8) is 0 Å². The van der Waals surface area contributed by atoms with Gasteiger partial charge in [0.05, 0.1) is 10.6 Å². The first kappa shape index (κ1) is 13.0. The van der Waals surface area contributed by atoms with Gasteiger partial charge in [0, 0.05) is 6.04 Å². The van der Waals surface area contributed by atoms with Gasteiger partial charge >= 0.3 is 0 Å². The average molecular weight is 253 g/mol. The molecule has 0 aliphatic heterocycles. The lowest BCUT2D eigenvalue weighted by Gasteiger charge is -2.30. The maximum absolute atomic E-state index is 6.44. The van der Waals surface area contributed by atoms with Crippen molar-refractivity contribution in [2.75, 3.05) is 0 Å². The lowest BCUT2D eigenvalue weighted by molar-refractivity contribution is 0.249. The molecular formula is C13H23N3S. The molecule has 1 fully saturated rings. The van der Waals surface area contributed by atoms with Crippen LogP contribution < -0.4 is 5.73 Å². The highest BCUT2D eigenvalue weighted by molar-refractivity contribution is 7.05. The second-order valence-electron chi connectivity index (χ2n) is 5.39. The Morgan fingerprint density at radius 1 is 1.47 bits per heavy atom. The first-order valence-electron chi connectivity index (χ1n) is 6.79. The summed E-state index contributed by atoms with van der Waals surface area (Å²) in [4.78, 5) is 1.24. The fourth-order valence-electron chi connectivity index (χ4n) is 2.90. The molecule has 96 valence electrons. The minimum absolute atomic E-state index is 0.166. The summed E-state index contributed by atoms with van der Waals surface area (Å²) >= 11 is 1.51. The van der Waals surface area contributed by atoms with Crippen LogP contribution in [0.4, 0.5) is 0 Å². The number of aryl methyl sites for hydroxylation is 1. The Hall–Kier alpha value is -0.480. The van der Waals surface area contributed by atoms with E-state index in [-0.39, 0.29) is 6.04 Å². The van der Waals surface area contributed by atoms with Crippen molar-refractivity contribution in [3.05, 3.63) is 10.6 Å². The van der Waals surface area contributed by atoms with Crippen LogP contribution in [0.25, 0.3) is 0 Å². The number of nitrogens with zero attached hydrogens (tertiary/aromatic N) is 2. The molecule has 1 aromatic heterocycles. The zero-order chi connectivity index (χ0) is 12.3. The minimum Gasteiger partial charge on any atom is -0.323 e. The molecule has 3 unspecified atom stereocenters. The molecule has 0 amide bonds. The van der Waals surface area contributed by atoms with Crippen molar-refractivity contribution in [2.24, 2.45) is 17.6 Å². The lowest BCUT2D eigenvalue weighted by Crippen LogP contribution is -2.26. The topological polar surface area (TPSA) is 51.8 Å². The Bertz CT molecular complexity index is 350. The van der Waals surface area contributed by atoms with Crippen LogP contribution in [-0.4, -0.2) is 9.59 Å². The Morgan fingerprint density at radius 3 is 3.00 bits per heavy atom. The van der Waals surface area contributed by atoms with Crippen LogP contribution in [0.15, 0.2) is 0 Å². The van der Waals surface area contributed by atoms with E-state index in [1.165, 1.54) is 42.1 Å². The largest absolute Gasteiger partial charge is 0.323 e. The molecule has 3 nitrogen and oxygen atoms in total. The van der Waals surface area contributed by atoms with Crippen LogP contribution >= 0.6 is 11.5 Å². The molecule has 0 aromatic carbocycles. The van der Waals surface area contributed by atoms with E-state index >= 15 is 0 Å². The highest BCUT2D eigenvalue weighted by Gasteiger charge is 2.28. The standard InChI is InChI=1S/C13H23N3S/c1-3-5-11-13(17-16-15-11)12(14)10-7-4-6-9(2)8-10/h9-10,12H,3-8,14H2,1-2H3. The third kappa shape index (κ3) is 3.05. The van der Waals surface area contributed by atoms with Crippen molar-refractivity contribution in [3.8, 4) is 0 Å². The number of nitrogens with two attached hydrogens (primary N) is 1. The first-order valence-corrected chi connectivity index (χ1v) is 7.56. The summed E-state index contributed by atoms with van der Waals surface area (Å²) in [6.07, 6.45) is 7.37. The normalized spacial score (nSPS) is 27.0. The quantitative estimate of drug-likeness (QED) is 0.895. The third-order valence-corrected chi connectivity index (χ3v) is 4.73. The second-order valence-corrected chi connectivity index (χ2v) is 6.18. The van der Waals surface area contributed by atoms with Gasteiger partial charge in [0.1, 0.15) is 0 Å². The van der Waals surface area contributed by atoms with Gasteiger partial charge in [-0.15, -0.1) is 5.10 Å². The van der Waals surface area contributed by atoms with Crippen molar-refractivity contribution in [1.82, 2.24) is 9.59 Å². The minimum atomic E-state index is 0.166. The maximum Gasteiger partial charge on any atom is 0.0803 e. The van der Waals surface area contributed by atoms with Gasteiger partial charge in [0.25, 0.3) is 0 Å². The van der Waals surface area contributed by atoms with Crippen molar-refractivity contribution >= 4 is 11.5 Å². The fourth-order valence-corrected chi connectivity index (χ4v) is 3.69. The van der Waals surface area contributed by atoms with E-state index in [9.17, 15) is 0 Å². The molecule has 2 N–H and O–H groups in total. The van der Waals surface area contributed by atoms with Crippen LogP contribution in [0.2, 0.25) is 0 Å². The van der Waals surface area contributed by atoms with E-state index < -0.39 is 0 Å². The zero-order valence-corrected chi connectivity index (χ0v) is 11.7. The van der Waals surface area contributed by atoms with E-state index in [0.29, 0.717) is 5.92 Å². The smallest absolute Gasteiger partial charge is 0.0803 e. The molecule has 0 radical (unpaired) electrons. The number of aromatic nitrogens is 2. The summed E-state index contributed by atoms with van der Waals surface area (Å²) in [5, 5.41) is 4.23. The average Bonchev–Trinajstić information content (AvgIpc) is 2.77. The van der Waals surface area contributed by atoms with Gasteiger partial charge in [-0.05, 0) is 42.6 Å². The number of hydrogen-bond donors (Lipinski definition) is 1. The maximum atomic E-state index is 6.44. The molecule has 2 rings (SSSR count). The summed E-state index contributed by atoms with van der Waals surface area (Å²) in [6.45, 7) is 4.52. The molecule has 3 atom stereocenters. The zero-order valence-electron chi connectivity index (χ0n) is 10.9. The molecule has 0 bridgehead atoms. The van der Waals surface area contributed by atoms with Crippen molar-refractivity contribution < 1.29 is 0 Å². The summed E-state index contributed by atoms with van der Waals surface area (Å²) in [5.74, 6) is 1.46. The molecule has 1 saturated carbocycles. The van der Waals surface area contributed by atoms with Gasteiger partial charge in [0.15, 0.2) is 0 Å². The van der Waals surface area contributed by atoms with Gasteiger partial charge in [-0.25, -0.2) is 0 Å². The van der Waals surface area contributed by atoms with Gasteiger partial charge < -0.3 is 5.73 Å². The Kier molecular flexibility index (Phi) is 4.51. The van der Waals surface area contributed by atoms with Crippen LogP contribution in [0.5, 0.6) is 0 Å². The second kappa shape index (κ2) is 5.91. The highest BCUT2D eigenvalue weighted by Crippen LogP contribution is 2.37. The summed E-state index contributed by atoms with van der Waals surface area (Å²) < 4.78 is 4.09. The van der Waals surface area contributed by atoms with Crippen LogP contribution in [0, 0.1) is 11.8 Å². The van der Waals surface area contributed by atoms with Crippen LogP contribution in [0.3, 0.4) is 0 Å². The molecule has 0 spiro atoms. The number of rotatable bonds is 4. The van der Waals surface area contributed by atoms with E-state index in [4.69, 9.17) is 5.73 Å². The SMILES string of the molecule is CCCc1nnsc1C(N)C1CCCC(C)C1. The summed E-state index contributed by atoms with van der Waals surface area (Å²) in [5.41, 5.74) is 7.58. The van der Waals surface area contributed by atoms with Gasteiger partial charge in [-0.1, -0.05) is 37.6 Å². The van der Waals surface area contributed by atoms with Crippen molar-refractivity contribution in [1.29, 1.82) is 0 Å².